The molecule has 0 unspecified atom stereocenters. The average molecular weight is 383 g/mol. The number of halogens is 1. The summed E-state index contributed by atoms with van der Waals surface area (Å²) in [6.07, 6.45) is 1.68. The van der Waals surface area contributed by atoms with E-state index in [1.807, 2.05) is 42.6 Å². The van der Waals surface area contributed by atoms with E-state index in [1.54, 1.807) is 18.2 Å². The van der Waals surface area contributed by atoms with E-state index < -0.39 is 0 Å². The van der Waals surface area contributed by atoms with Gasteiger partial charge in [0.05, 0.1) is 22.9 Å². The molecule has 0 radical (unpaired) electrons. The van der Waals surface area contributed by atoms with Crippen LogP contribution in [0.5, 0.6) is 11.5 Å². The molecule has 0 spiro atoms. The number of nitrogens with zero attached hydrogens (tertiary/aromatic N) is 2. The molecule has 4 nitrogen and oxygen atoms in total. The number of nitriles is 1. The van der Waals surface area contributed by atoms with Crippen LogP contribution in [0.3, 0.4) is 0 Å². The smallest absolute Gasteiger partial charge is 0.176 e. The van der Waals surface area contributed by atoms with Crippen LogP contribution >= 0.6 is 22.9 Å². The highest BCUT2D eigenvalue weighted by molar-refractivity contribution is 7.11. The van der Waals surface area contributed by atoms with E-state index >= 15 is 0 Å². The number of benzene rings is 2. The lowest BCUT2D eigenvalue weighted by Crippen LogP contribution is -1.93. The highest BCUT2D eigenvalue weighted by Gasteiger charge is 2.12. The number of phenolic OH excluding ortho intramolecular Hbond substituents is 1. The monoisotopic (exact) mass is 382 g/mol. The molecule has 0 saturated heterocycles. The molecule has 1 heterocycles. The third-order valence-electron chi connectivity index (χ3n) is 3.59. The first-order valence-corrected chi connectivity index (χ1v) is 9.16. The summed E-state index contributed by atoms with van der Waals surface area (Å²) in [6.45, 7) is 2.21. The van der Waals surface area contributed by atoms with Crippen LogP contribution in [0.25, 0.3) is 22.9 Å². The minimum Gasteiger partial charge on any atom is -0.503 e. The van der Waals surface area contributed by atoms with Crippen LogP contribution < -0.4 is 4.74 Å². The number of aromatic hydroxyl groups is 1. The topological polar surface area (TPSA) is 66.1 Å². The molecular formula is C20H15ClN2O2S. The van der Waals surface area contributed by atoms with Crippen LogP contribution in [0, 0.1) is 11.3 Å². The summed E-state index contributed by atoms with van der Waals surface area (Å²) >= 11 is 7.46. The highest BCUT2D eigenvalue weighted by Crippen LogP contribution is 2.36. The van der Waals surface area contributed by atoms with Crippen LogP contribution in [0.1, 0.15) is 17.5 Å². The van der Waals surface area contributed by atoms with Gasteiger partial charge in [0.15, 0.2) is 11.5 Å². The lowest BCUT2D eigenvalue weighted by atomic mass is 10.1. The Morgan fingerprint density at radius 1 is 1.35 bits per heavy atom. The SMILES string of the molecule is CCOc1cc(/C=C(\C#N)c2nc(-c3ccccc3)cs2)cc(Cl)c1O. The van der Waals surface area contributed by atoms with Crippen molar-refractivity contribution in [3.63, 3.8) is 0 Å². The fourth-order valence-electron chi connectivity index (χ4n) is 2.39. The standard InChI is InChI=1S/C20H15ClN2O2S/c1-2-25-18-10-13(9-16(21)19(18)24)8-15(11-22)20-23-17(12-26-20)14-6-4-3-5-7-14/h3-10,12,24H,2H2,1H3/b15-8+. The molecule has 1 aromatic heterocycles. The van der Waals surface area contributed by atoms with Gasteiger partial charge in [-0.1, -0.05) is 41.9 Å². The molecule has 0 aliphatic rings. The van der Waals surface area contributed by atoms with E-state index in [2.05, 4.69) is 11.1 Å². The van der Waals surface area contributed by atoms with Gasteiger partial charge in [0.1, 0.15) is 11.1 Å². The summed E-state index contributed by atoms with van der Waals surface area (Å²) in [5.41, 5.74) is 2.90. The maximum atomic E-state index is 9.94. The second-order valence-electron chi connectivity index (χ2n) is 5.36. The maximum Gasteiger partial charge on any atom is 0.176 e. The van der Waals surface area contributed by atoms with Crippen LogP contribution in [0.2, 0.25) is 5.02 Å². The predicted molar refractivity (Wildman–Crippen MR) is 105 cm³/mol. The van der Waals surface area contributed by atoms with Gasteiger partial charge in [0.2, 0.25) is 0 Å². The summed E-state index contributed by atoms with van der Waals surface area (Å²) in [4.78, 5) is 4.56. The Bertz CT molecular complexity index is 991. The largest absolute Gasteiger partial charge is 0.503 e. The molecule has 0 fully saturated rings. The van der Waals surface area contributed by atoms with Crippen molar-refractivity contribution in [2.24, 2.45) is 0 Å². The van der Waals surface area contributed by atoms with E-state index in [-0.39, 0.29) is 16.5 Å². The number of phenols is 1. The molecule has 130 valence electrons. The first-order chi connectivity index (χ1) is 12.6. The summed E-state index contributed by atoms with van der Waals surface area (Å²) in [6, 6.07) is 15.2. The Morgan fingerprint density at radius 3 is 2.81 bits per heavy atom. The molecule has 0 amide bonds. The number of thiazole rings is 1. The van der Waals surface area contributed by atoms with Crippen LogP contribution in [-0.4, -0.2) is 16.7 Å². The predicted octanol–water partition coefficient (Wildman–Crippen LogP) is 5.63. The molecule has 1 N–H and O–H groups in total. The molecule has 3 rings (SSSR count). The zero-order valence-electron chi connectivity index (χ0n) is 13.9. The van der Waals surface area contributed by atoms with E-state index in [9.17, 15) is 10.4 Å². The number of hydrogen-bond donors (Lipinski definition) is 1. The average Bonchev–Trinajstić information content (AvgIpc) is 3.14. The van der Waals surface area contributed by atoms with E-state index in [0.717, 1.165) is 11.3 Å². The highest BCUT2D eigenvalue weighted by atomic mass is 35.5. The third kappa shape index (κ3) is 3.88. The van der Waals surface area contributed by atoms with E-state index in [4.69, 9.17) is 16.3 Å². The summed E-state index contributed by atoms with van der Waals surface area (Å²) in [5.74, 6) is 0.178. The van der Waals surface area contributed by atoms with Gasteiger partial charge < -0.3 is 9.84 Å². The van der Waals surface area contributed by atoms with Gasteiger partial charge in [-0.3, -0.25) is 0 Å². The van der Waals surface area contributed by atoms with Crippen molar-refractivity contribution in [1.82, 2.24) is 4.98 Å². The zero-order valence-corrected chi connectivity index (χ0v) is 15.5. The molecule has 0 saturated carbocycles. The molecule has 0 aliphatic heterocycles. The Hall–Kier alpha value is -2.81. The molecule has 26 heavy (non-hydrogen) atoms. The minimum absolute atomic E-state index is 0.107. The first kappa shape index (κ1) is 18.0. The Morgan fingerprint density at radius 2 is 2.12 bits per heavy atom. The third-order valence-corrected chi connectivity index (χ3v) is 4.75. The Labute approximate surface area is 160 Å². The van der Waals surface area contributed by atoms with Crippen molar-refractivity contribution < 1.29 is 9.84 Å². The fraction of sp³-hybridized carbons (Fsp3) is 0.100. The van der Waals surface area contributed by atoms with Crippen molar-refractivity contribution in [3.8, 4) is 28.8 Å². The summed E-state index contributed by atoms with van der Waals surface area (Å²) in [7, 11) is 0. The van der Waals surface area contributed by atoms with Crippen molar-refractivity contribution >= 4 is 34.6 Å². The summed E-state index contributed by atoms with van der Waals surface area (Å²) in [5, 5.41) is 22.2. The molecule has 6 heteroatoms. The Kier molecular flexibility index (Phi) is 5.57. The van der Waals surface area contributed by atoms with Crippen molar-refractivity contribution in [2.45, 2.75) is 6.92 Å². The van der Waals surface area contributed by atoms with Gasteiger partial charge in [0.25, 0.3) is 0 Å². The van der Waals surface area contributed by atoms with Gasteiger partial charge in [-0.2, -0.15) is 5.26 Å². The number of ether oxygens (including phenoxy) is 1. The van der Waals surface area contributed by atoms with Gasteiger partial charge in [0, 0.05) is 10.9 Å². The second-order valence-corrected chi connectivity index (χ2v) is 6.62. The molecule has 2 aromatic carbocycles. The fourth-order valence-corrected chi connectivity index (χ4v) is 3.40. The van der Waals surface area contributed by atoms with Crippen LogP contribution in [-0.2, 0) is 0 Å². The first-order valence-electron chi connectivity index (χ1n) is 7.90. The van der Waals surface area contributed by atoms with E-state index in [0.29, 0.717) is 22.8 Å². The van der Waals surface area contributed by atoms with Crippen LogP contribution in [0.4, 0.5) is 0 Å². The van der Waals surface area contributed by atoms with Gasteiger partial charge in [-0.05, 0) is 30.7 Å². The molecule has 0 bridgehead atoms. The Balaban J connectivity index is 1.97. The van der Waals surface area contributed by atoms with Crippen molar-refractivity contribution in [2.75, 3.05) is 6.61 Å². The van der Waals surface area contributed by atoms with Gasteiger partial charge in [-0.15, -0.1) is 11.3 Å². The quantitative estimate of drug-likeness (QED) is 0.580. The number of aromatic nitrogens is 1. The minimum atomic E-state index is -0.107. The molecule has 3 aromatic rings. The van der Waals surface area contributed by atoms with Crippen molar-refractivity contribution in [1.29, 1.82) is 5.26 Å². The number of hydrogen-bond acceptors (Lipinski definition) is 5. The zero-order chi connectivity index (χ0) is 18.5. The lowest BCUT2D eigenvalue weighted by molar-refractivity contribution is 0.318. The maximum absolute atomic E-state index is 9.94. The molecular weight excluding hydrogens is 368 g/mol. The molecule has 0 atom stereocenters. The number of allylic oxidation sites excluding steroid dienone is 1. The second kappa shape index (κ2) is 8.05. The van der Waals surface area contributed by atoms with Gasteiger partial charge >= 0.3 is 0 Å². The van der Waals surface area contributed by atoms with Gasteiger partial charge in [-0.25, -0.2) is 4.98 Å². The van der Waals surface area contributed by atoms with E-state index in [1.165, 1.54) is 11.3 Å². The lowest BCUT2D eigenvalue weighted by Gasteiger charge is -2.08. The van der Waals surface area contributed by atoms with Crippen molar-refractivity contribution in [3.05, 3.63) is 63.4 Å². The summed E-state index contributed by atoms with van der Waals surface area (Å²) < 4.78 is 5.38. The number of rotatable bonds is 5. The normalized spacial score (nSPS) is 11.2. The molecule has 0 aliphatic carbocycles. The van der Waals surface area contributed by atoms with Crippen LogP contribution in [0.15, 0.2) is 47.8 Å².